The van der Waals surface area contributed by atoms with Crippen LogP contribution in [-0.2, 0) is 22.6 Å². The van der Waals surface area contributed by atoms with Gasteiger partial charge in [-0.1, -0.05) is 24.3 Å². The summed E-state index contributed by atoms with van der Waals surface area (Å²) in [5, 5.41) is 5.27. The van der Waals surface area contributed by atoms with Crippen LogP contribution in [0.5, 0.6) is 0 Å². The Labute approximate surface area is 161 Å². The van der Waals surface area contributed by atoms with Gasteiger partial charge in [-0.15, -0.1) is 0 Å². The van der Waals surface area contributed by atoms with Crippen LogP contribution in [0.1, 0.15) is 28.2 Å². The summed E-state index contributed by atoms with van der Waals surface area (Å²) in [6.07, 6.45) is 0.854. The third-order valence-corrected chi connectivity index (χ3v) is 4.16. The standard InChI is InChI=1S/C20H21N5O3/c21-17(26)12-23-20(28)14-7-5-13(6-8-14)11-22-19(27)10-9-18-24-15-3-1-2-4-16(15)25-18/h1-8H,9-12H2,(H2,21,26)(H,22,27)(H,23,28)(H,24,25). The number of aromatic nitrogens is 2. The third kappa shape index (κ3) is 5.16. The van der Waals surface area contributed by atoms with Crippen molar-refractivity contribution in [2.24, 2.45) is 5.73 Å². The molecule has 0 bridgehead atoms. The molecule has 1 aromatic heterocycles. The molecule has 3 amide bonds. The van der Waals surface area contributed by atoms with E-state index in [0.717, 1.165) is 22.4 Å². The number of aromatic amines is 1. The average Bonchev–Trinajstić information content (AvgIpc) is 3.12. The number of primary amides is 1. The molecule has 8 nitrogen and oxygen atoms in total. The molecule has 0 aliphatic rings. The number of benzene rings is 2. The number of nitrogens with two attached hydrogens (primary N) is 1. The van der Waals surface area contributed by atoms with Crippen molar-refractivity contribution in [3.8, 4) is 0 Å². The van der Waals surface area contributed by atoms with Crippen LogP contribution in [0.2, 0.25) is 0 Å². The van der Waals surface area contributed by atoms with E-state index in [9.17, 15) is 14.4 Å². The summed E-state index contributed by atoms with van der Waals surface area (Å²) < 4.78 is 0. The second-order valence-corrected chi connectivity index (χ2v) is 6.32. The Morgan fingerprint density at radius 1 is 1.00 bits per heavy atom. The Hall–Kier alpha value is -3.68. The highest BCUT2D eigenvalue weighted by atomic mass is 16.2. The predicted octanol–water partition coefficient (Wildman–Crippen LogP) is 1.03. The Bertz CT molecular complexity index is 962. The molecule has 1 heterocycles. The fraction of sp³-hybridized carbons (Fsp3) is 0.200. The molecule has 144 valence electrons. The van der Waals surface area contributed by atoms with Crippen LogP contribution in [-0.4, -0.2) is 34.2 Å². The van der Waals surface area contributed by atoms with Gasteiger partial charge in [0.25, 0.3) is 5.91 Å². The molecular weight excluding hydrogens is 358 g/mol. The molecule has 28 heavy (non-hydrogen) atoms. The number of carbonyl (C=O) groups excluding carboxylic acids is 3. The monoisotopic (exact) mass is 379 g/mol. The zero-order valence-corrected chi connectivity index (χ0v) is 15.2. The van der Waals surface area contributed by atoms with Gasteiger partial charge in [-0.2, -0.15) is 0 Å². The van der Waals surface area contributed by atoms with Gasteiger partial charge in [0.1, 0.15) is 5.82 Å². The molecule has 0 aliphatic carbocycles. The number of nitrogens with zero attached hydrogens (tertiary/aromatic N) is 1. The van der Waals surface area contributed by atoms with Gasteiger partial charge in [-0.25, -0.2) is 4.98 Å². The fourth-order valence-electron chi connectivity index (χ4n) is 2.69. The predicted molar refractivity (Wildman–Crippen MR) is 104 cm³/mol. The number of amides is 3. The van der Waals surface area contributed by atoms with Gasteiger partial charge in [0, 0.05) is 24.9 Å². The molecule has 5 N–H and O–H groups in total. The molecule has 0 saturated carbocycles. The van der Waals surface area contributed by atoms with Crippen molar-refractivity contribution in [2.75, 3.05) is 6.54 Å². The number of H-pyrrole nitrogens is 1. The van der Waals surface area contributed by atoms with Crippen LogP contribution in [0.4, 0.5) is 0 Å². The van der Waals surface area contributed by atoms with E-state index in [-0.39, 0.29) is 18.4 Å². The summed E-state index contributed by atoms with van der Waals surface area (Å²) in [4.78, 5) is 42.2. The van der Waals surface area contributed by atoms with E-state index >= 15 is 0 Å². The Morgan fingerprint density at radius 2 is 1.75 bits per heavy atom. The normalized spacial score (nSPS) is 10.6. The maximum absolute atomic E-state index is 12.1. The van der Waals surface area contributed by atoms with E-state index in [1.54, 1.807) is 24.3 Å². The van der Waals surface area contributed by atoms with Crippen LogP contribution < -0.4 is 16.4 Å². The second-order valence-electron chi connectivity index (χ2n) is 6.32. The van der Waals surface area contributed by atoms with Crippen molar-refractivity contribution in [2.45, 2.75) is 19.4 Å². The van der Waals surface area contributed by atoms with Crippen molar-refractivity contribution >= 4 is 28.8 Å². The van der Waals surface area contributed by atoms with Gasteiger partial charge in [0.05, 0.1) is 17.6 Å². The van der Waals surface area contributed by atoms with E-state index in [1.807, 2.05) is 24.3 Å². The maximum atomic E-state index is 12.1. The molecular formula is C20H21N5O3. The van der Waals surface area contributed by atoms with Crippen molar-refractivity contribution in [1.29, 1.82) is 0 Å². The van der Waals surface area contributed by atoms with Gasteiger partial charge >= 0.3 is 0 Å². The van der Waals surface area contributed by atoms with Gasteiger partial charge < -0.3 is 21.4 Å². The van der Waals surface area contributed by atoms with E-state index in [1.165, 1.54) is 0 Å². The molecule has 3 rings (SSSR count). The molecule has 8 heteroatoms. The smallest absolute Gasteiger partial charge is 0.251 e. The average molecular weight is 379 g/mol. The fourth-order valence-corrected chi connectivity index (χ4v) is 2.69. The van der Waals surface area contributed by atoms with Gasteiger partial charge in [-0.05, 0) is 29.8 Å². The van der Waals surface area contributed by atoms with Crippen LogP contribution in [0.15, 0.2) is 48.5 Å². The number of rotatable bonds is 8. The molecule has 0 radical (unpaired) electrons. The summed E-state index contributed by atoms with van der Waals surface area (Å²) in [6, 6.07) is 14.5. The third-order valence-electron chi connectivity index (χ3n) is 4.16. The number of hydrogen-bond acceptors (Lipinski definition) is 4. The first-order valence-electron chi connectivity index (χ1n) is 8.87. The summed E-state index contributed by atoms with van der Waals surface area (Å²) in [6.45, 7) is 0.157. The highest BCUT2D eigenvalue weighted by Gasteiger charge is 2.08. The Balaban J connectivity index is 1.45. The highest BCUT2D eigenvalue weighted by molar-refractivity contribution is 5.96. The number of imidazole rings is 1. The van der Waals surface area contributed by atoms with Gasteiger partial charge in [0.15, 0.2) is 0 Å². The van der Waals surface area contributed by atoms with Gasteiger partial charge in [-0.3, -0.25) is 14.4 Å². The minimum atomic E-state index is -0.602. The molecule has 0 spiro atoms. The summed E-state index contributed by atoms with van der Waals surface area (Å²) in [7, 11) is 0. The zero-order chi connectivity index (χ0) is 19.9. The number of aryl methyl sites for hydroxylation is 1. The quantitative estimate of drug-likeness (QED) is 0.466. The molecule has 0 atom stereocenters. The summed E-state index contributed by atoms with van der Waals surface area (Å²) >= 11 is 0. The molecule has 0 saturated heterocycles. The number of nitrogens with one attached hydrogen (secondary N) is 3. The minimum absolute atomic E-state index is 0.0799. The van der Waals surface area contributed by atoms with E-state index in [2.05, 4.69) is 20.6 Å². The largest absolute Gasteiger partial charge is 0.368 e. The first kappa shape index (κ1) is 19.1. The summed E-state index contributed by atoms with van der Waals surface area (Å²) in [5.41, 5.74) is 8.12. The lowest BCUT2D eigenvalue weighted by Gasteiger charge is -2.07. The van der Waals surface area contributed by atoms with Crippen molar-refractivity contribution < 1.29 is 14.4 Å². The minimum Gasteiger partial charge on any atom is -0.368 e. The van der Waals surface area contributed by atoms with Crippen molar-refractivity contribution in [3.63, 3.8) is 0 Å². The van der Waals surface area contributed by atoms with E-state index < -0.39 is 5.91 Å². The lowest BCUT2D eigenvalue weighted by Crippen LogP contribution is -2.33. The summed E-state index contributed by atoms with van der Waals surface area (Å²) in [5.74, 6) is -0.276. The molecule has 2 aromatic carbocycles. The number of carbonyl (C=O) groups is 3. The SMILES string of the molecule is NC(=O)CNC(=O)c1ccc(CNC(=O)CCc2nc3ccccc3[nH]2)cc1. The Kier molecular flexibility index (Phi) is 6.01. The first-order valence-corrected chi connectivity index (χ1v) is 8.87. The van der Waals surface area contributed by atoms with E-state index in [4.69, 9.17) is 5.73 Å². The number of hydrogen-bond donors (Lipinski definition) is 4. The number of para-hydroxylation sites is 2. The molecule has 0 aliphatic heterocycles. The lowest BCUT2D eigenvalue weighted by atomic mass is 10.1. The van der Waals surface area contributed by atoms with Gasteiger partial charge in [0.2, 0.25) is 11.8 Å². The van der Waals surface area contributed by atoms with Crippen molar-refractivity contribution in [3.05, 3.63) is 65.5 Å². The topological polar surface area (TPSA) is 130 Å². The first-order chi connectivity index (χ1) is 13.5. The van der Waals surface area contributed by atoms with Crippen LogP contribution in [0.25, 0.3) is 11.0 Å². The highest BCUT2D eigenvalue weighted by Crippen LogP contribution is 2.11. The van der Waals surface area contributed by atoms with Crippen LogP contribution in [0.3, 0.4) is 0 Å². The number of fused-ring (bicyclic) bond motifs is 1. The molecule has 0 fully saturated rings. The van der Waals surface area contributed by atoms with Crippen LogP contribution >= 0.6 is 0 Å². The van der Waals surface area contributed by atoms with E-state index in [0.29, 0.717) is 24.9 Å². The maximum Gasteiger partial charge on any atom is 0.251 e. The lowest BCUT2D eigenvalue weighted by molar-refractivity contribution is -0.121. The Morgan fingerprint density at radius 3 is 2.46 bits per heavy atom. The molecule has 3 aromatic rings. The van der Waals surface area contributed by atoms with Crippen molar-refractivity contribution in [1.82, 2.24) is 20.6 Å². The second kappa shape index (κ2) is 8.81. The zero-order valence-electron chi connectivity index (χ0n) is 15.2. The molecule has 0 unspecified atom stereocenters. The van der Waals surface area contributed by atoms with Crippen LogP contribution in [0, 0.1) is 0 Å².